The summed E-state index contributed by atoms with van der Waals surface area (Å²) >= 11 is 0. The van der Waals surface area contributed by atoms with Gasteiger partial charge < -0.3 is 22.1 Å². The summed E-state index contributed by atoms with van der Waals surface area (Å²) in [4.78, 5) is 11.5. The van der Waals surface area contributed by atoms with Crippen LogP contribution in [0.3, 0.4) is 0 Å². The highest BCUT2D eigenvalue weighted by Crippen LogP contribution is 2.58. The first-order valence-electron chi connectivity index (χ1n) is 9.68. The van der Waals surface area contributed by atoms with E-state index in [1.165, 1.54) is 18.2 Å². The van der Waals surface area contributed by atoms with Crippen LogP contribution in [0.2, 0.25) is 0 Å². The van der Waals surface area contributed by atoms with Crippen LogP contribution in [0.15, 0.2) is 109 Å². The molecule has 0 spiro atoms. The molecule has 0 aliphatic heterocycles. The second-order valence-electron chi connectivity index (χ2n) is 7.09. The number of aromatic carboxylic acids is 1. The van der Waals surface area contributed by atoms with Crippen LogP contribution in [-0.2, 0) is 6.16 Å². The number of carboxylic acid groups (broad SMARTS) is 1. The largest absolute Gasteiger partial charge is 1.00 e. The summed E-state index contributed by atoms with van der Waals surface area (Å²) in [6, 6.07) is 34.5. The summed E-state index contributed by atoms with van der Waals surface area (Å²) in [5.41, 5.74) is 0.512. The number of hydrogen-bond acceptors (Lipinski definition) is 1. The van der Waals surface area contributed by atoms with Gasteiger partial charge >= 0.3 is 5.97 Å². The molecule has 0 bridgehead atoms. The molecule has 5 heteroatoms. The topological polar surface area (TPSA) is 37.3 Å². The minimum absolute atomic E-state index is 0. The lowest BCUT2D eigenvalue weighted by atomic mass is 10.1. The quantitative estimate of drug-likeness (QED) is 0.416. The van der Waals surface area contributed by atoms with Gasteiger partial charge in [-0.2, -0.15) is 0 Å². The summed E-state index contributed by atoms with van der Waals surface area (Å²) in [5, 5.41) is 12.8. The molecule has 4 rings (SSSR count). The first-order valence-corrected chi connectivity index (χ1v) is 11.7. The average Bonchev–Trinajstić information content (AvgIpc) is 2.80. The van der Waals surface area contributed by atoms with Gasteiger partial charge in [-0.1, -0.05) is 54.6 Å². The molecule has 0 amide bonds. The molecule has 0 aliphatic carbocycles. The molecule has 2 nitrogen and oxygen atoms in total. The number of carboxylic acids is 1. The van der Waals surface area contributed by atoms with Gasteiger partial charge in [0.15, 0.2) is 0 Å². The number of hydrogen-bond donors (Lipinski definition) is 1. The van der Waals surface area contributed by atoms with E-state index in [1.54, 1.807) is 0 Å². The lowest BCUT2D eigenvalue weighted by Gasteiger charge is -2.28. The molecule has 0 radical (unpaired) electrons. The number of halogens is 2. The summed E-state index contributed by atoms with van der Waals surface area (Å²) < 4.78 is 14.9. The Morgan fingerprint density at radius 1 is 0.710 bits per heavy atom. The molecule has 4 aromatic rings. The van der Waals surface area contributed by atoms with Gasteiger partial charge in [0.05, 0.1) is 5.56 Å². The summed E-state index contributed by atoms with van der Waals surface area (Å²) in [5.74, 6) is -1.44. The molecule has 156 valence electrons. The molecule has 0 saturated carbocycles. The molecule has 0 atom stereocenters. The fourth-order valence-corrected chi connectivity index (χ4v) is 8.09. The van der Waals surface area contributed by atoms with E-state index in [1.807, 2.05) is 54.6 Å². The highest BCUT2D eigenvalue weighted by Gasteiger charge is 2.46. The molecule has 0 aliphatic rings. The normalized spacial score (nSPS) is 10.9. The van der Waals surface area contributed by atoms with Gasteiger partial charge in [0.25, 0.3) is 0 Å². The first-order chi connectivity index (χ1) is 14.6. The van der Waals surface area contributed by atoms with Crippen molar-refractivity contribution in [2.24, 2.45) is 0 Å². The predicted molar refractivity (Wildman–Crippen MR) is 122 cm³/mol. The summed E-state index contributed by atoms with van der Waals surface area (Å²) in [7, 11) is -2.29. The fourth-order valence-electron chi connectivity index (χ4n) is 3.85. The van der Waals surface area contributed by atoms with E-state index in [2.05, 4.69) is 36.4 Å². The van der Waals surface area contributed by atoms with Gasteiger partial charge in [-0.25, -0.2) is 9.18 Å². The van der Waals surface area contributed by atoms with Crippen LogP contribution in [-0.4, -0.2) is 11.1 Å². The van der Waals surface area contributed by atoms with Crippen molar-refractivity contribution in [3.05, 3.63) is 126 Å². The Labute approximate surface area is 192 Å². The Bertz CT molecular complexity index is 1060. The van der Waals surface area contributed by atoms with Gasteiger partial charge in [-0.05, 0) is 54.6 Å². The van der Waals surface area contributed by atoms with Crippen molar-refractivity contribution < 1.29 is 31.3 Å². The van der Waals surface area contributed by atoms with E-state index in [0.717, 1.165) is 15.9 Å². The zero-order valence-corrected chi connectivity index (χ0v) is 19.1. The van der Waals surface area contributed by atoms with Gasteiger partial charge in [0.1, 0.15) is 35.2 Å². The molecule has 1 N–H and O–H groups in total. The SMILES string of the molecule is O=C(O)c1ccc(F)c(C[P+](c2ccccc2)(c2ccccc2)c2ccccc2)c1.[Br-]. The standard InChI is InChI=1S/C26H20FO2P.BrH/c27-25-17-16-20(26(28)29)18-21(25)19-30(22-10-4-1-5-11-22,23-12-6-2-7-13-23)24-14-8-3-9-15-24;/h1-18H,19H2;1H. The molecular formula is C26H21BrFO2P. The third-order valence-electron chi connectivity index (χ3n) is 5.29. The molecule has 4 aromatic carbocycles. The highest BCUT2D eigenvalue weighted by molar-refractivity contribution is 7.95. The van der Waals surface area contributed by atoms with Crippen molar-refractivity contribution in [2.45, 2.75) is 6.16 Å². The third kappa shape index (κ3) is 4.61. The van der Waals surface area contributed by atoms with Crippen LogP contribution in [0.5, 0.6) is 0 Å². The molecule has 0 saturated heterocycles. The van der Waals surface area contributed by atoms with E-state index in [-0.39, 0.29) is 28.4 Å². The molecule has 0 unspecified atom stereocenters. The number of carbonyl (C=O) groups is 1. The Kier molecular flexibility index (Phi) is 7.37. The van der Waals surface area contributed by atoms with Crippen molar-refractivity contribution in [1.29, 1.82) is 0 Å². The predicted octanol–water partition coefficient (Wildman–Crippen LogP) is 2.02. The van der Waals surface area contributed by atoms with Crippen LogP contribution < -0.4 is 32.9 Å². The van der Waals surface area contributed by atoms with Gasteiger partial charge in [-0.3, -0.25) is 0 Å². The zero-order chi connectivity index (χ0) is 21.0. The maximum absolute atomic E-state index is 14.9. The van der Waals surface area contributed by atoms with Gasteiger partial charge in [0.2, 0.25) is 0 Å². The van der Waals surface area contributed by atoms with Crippen molar-refractivity contribution >= 4 is 29.1 Å². The second-order valence-corrected chi connectivity index (χ2v) is 10.6. The maximum Gasteiger partial charge on any atom is 0.335 e. The third-order valence-corrected chi connectivity index (χ3v) is 9.65. The highest BCUT2D eigenvalue weighted by atomic mass is 79.9. The Morgan fingerprint density at radius 3 is 1.52 bits per heavy atom. The Hall–Kier alpha value is -2.81. The lowest BCUT2D eigenvalue weighted by molar-refractivity contribution is -0.0000219. The minimum atomic E-state index is -2.29. The number of benzene rings is 4. The molecule has 0 heterocycles. The van der Waals surface area contributed by atoms with Crippen molar-refractivity contribution in [3.63, 3.8) is 0 Å². The van der Waals surface area contributed by atoms with Crippen LogP contribution >= 0.6 is 7.26 Å². The second kappa shape index (κ2) is 10.00. The Morgan fingerprint density at radius 2 is 1.13 bits per heavy atom. The van der Waals surface area contributed by atoms with Gasteiger partial charge in [-0.15, -0.1) is 0 Å². The van der Waals surface area contributed by atoms with Crippen molar-refractivity contribution in [3.8, 4) is 0 Å². The summed E-state index contributed by atoms with van der Waals surface area (Å²) in [6.07, 6.45) is 0.401. The lowest BCUT2D eigenvalue weighted by Crippen LogP contribution is -3.00. The Balaban J connectivity index is 0.00000272. The molecule has 0 aromatic heterocycles. The minimum Gasteiger partial charge on any atom is -1.00 e. The average molecular weight is 495 g/mol. The maximum atomic E-state index is 14.9. The smallest absolute Gasteiger partial charge is 0.335 e. The fraction of sp³-hybridized carbons (Fsp3) is 0.0385. The van der Waals surface area contributed by atoms with Crippen LogP contribution in [0.25, 0.3) is 0 Å². The monoisotopic (exact) mass is 494 g/mol. The van der Waals surface area contributed by atoms with Crippen LogP contribution in [0, 0.1) is 5.82 Å². The van der Waals surface area contributed by atoms with Crippen molar-refractivity contribution in [1.82, 2.24) is 0 Å². The van der Waals surface area contributed by atoms with Gasteiger partial charge in [0, 0.05) is 5.56 Å². The zero-order valence-electron chi connectivity index (χ0n) is 16.7. The molecule has 0 fully saturated rings. The van der Waals surface area contributed by atoms with E-state index in [0.29, 0.717) is 11.7 Å². The summed E-state index contributed by atoms with van der Waals surface area (Å²) in [6.45, 7) is 0. The van der Waals surface area contributed by atoms with E-state index in [9.17, 15) is 14.3 Å². The van der Waals surface area contributed by atoms with E-state index >= 15 is 0 Å². The van der Waals surface area contributed by atoms with E-state index < -0.39 is 13.2 Å². The van der Waals surface area contributed by atoms with Crippen LogP contribution in [0.4, 0.5) is 4.39 Å². The van der Waals surface area contributed by atoms with Crippen molar-refractivity contribution in [2.75, 3.05) is 0 Å². The number of rotatable bonds is 6. The molecular weight excluding hydrogens is 474 g/mol. The van der Waals surface area contributed by atoms with Crippen LogP contribution in [0.1, 0.15) is 15.9 Å². The first kappa shape index (κ1) is 22.9. The molecule has 31 heavy (non-hydrogen) atoms. The van der Waals surface area contributed by atoms with E-state index in [4.69, 9.17) is 0 Å².